The Morgan fingerprint density at radius 3 is 2.65 bits per heavy atom. The van der Waals surface area contributed by atoms with E-state index >= 15 is 0 Å². The Bertz CT molecular complexity index is 476. The Morgan fingerprint density at radius 2 is 2.05 bits per heavy atom. The zero-order valence-corrected chi connectivity index (χ0v) is 14.0. The predicted octanol–water partition coefficient (Wildman–Crippen LogP) is 4.50. The average molecular weight is 315 g/mol. The number of rotatable bonds is 3. The molecule has 0 radical (unpaired) electrons. The molecule has 2 N–H and O–H groups in total. The number of hydrogen-bond acceptors (Lipinski definition) is 2. The minimum atomic E-state index is -0.119. The molecule has 0 saturated heterocycles. The molecule has 1 aromatic carbocycles. The Kier molecular flexibility index (Phi) is 5.01. The highest BCUT2D eigenvalue weighted by molar-refractivity contribution is 6.33. The van der Waals surface area contributed by atoms with E-state index < -0.39 is 0 Å². The maximum Gasteiger partial charge on any atom is 0.0497 e. The third-order valence-corrected chi connectivity index (χ3v) is 5.35. The molecule has 1 aromatic rings. The van der Waals surface area contributed by atoms with Crippen LogP contribution in [-0.4, -0.2) is 24.5 Å². The molecule has 2 nitrogen and oxygen atoms in total. The second kappa shape index (κ2) is 6.23. The molecule has 2 rings (SSSR count). The van der Waals surface area contributed by atoms with Gasteiger partial charge in [-0.1, -0.05) is 43.0 Å². The van der Waals surface area contributed by atoms with Crippen LogP contribution in [0.5, 0.6) is 0 Å². The van der Waals surface area contributed by atoms with E-state index in [2.05, 4.69) is 25.9 Å². The van der Waals surface area contributed by atoms with Crippen molar-refractivity contribution in [3.63, 3.8) is 0 Å². The van der Waals surface area contributed by atoms with Gasteiger partial charge >= 0.3 is 0 Å². The highest BCUT2D eigenvalue weighted by atomic mass is 35.5. The van der Waals surface area contributed by atoms with Crippen LogP contribution in [-0.2, 0) is 0 Å². The van der Waals surface area contributed by atoms with Gasteiger partial charge in [-0.25, -0.2) is 0 Å². The van der Waals surface area contributed by atoms with Crippen LogP contribution in [0, 0.1) is 5.92 Å². The van der Waals surface area contributed by atoms with Crippen molar-refractivity contribution in [2.75, 3.05) is 14.1 Å². The first-order valence-electron chi connectivity index (χ1n) is 7.25. The standard InChI is InChI=1S/C16H24Cl2N2/c1-11-5-4-8-16(10-11,20(2)3)15(19)13-9-12(17)6-7-14(13)18/h6-7,9,11,15H,4-5,8,10,19H2,1-3H3. The molecule has 20 heavy (non-hydrogen) atoms. The molecule has 0 aliphatic heterocycles. The maximum absolute atomic E-state index is 6.65. The lowest BCUT2D eigenvalue weighted by Gasteiger charge is -2.49. The number of hydrogen-bond donors (Lipinski definition) is 1. The summed E-state index contributed by atoms with van der Waals surface area (Å²) in [5.41, 5.74) is 7.58. The van der Waals surface area contributed by atoms with Gasteiger partial charge in [-0.2, -0.15) is 0 Å². The Labute approximate surface area is 132 Å². The summed E-state index contributed by atoms with van der Waals surface area (Å²) in [5, 5.41) is 1.40. The molecule has 1 saturated carbocycles. The van der Waals surface area contributed by atoms with Crippen molar-refractivity contribution < 1.29 is 0 Å². The minimum Gasteiger partial charge on any atom is -0.322 e. The summed E-state index contributed by atoms with van der Waals surface area (Å²) in [7, 11) is 4.24. The summed E-state index contributed by atoms with van der Waals surface area (Å²) in [4.78, 5) is 2.28. The summed E-state index contributed by atoms with van der Waals surface area (Å²) in [5.74, 6) is 0.690. The third kappa shape index (κ3) is 2.99. The van der Waals surface area contributed by atoms with Crippen LogP contribution in [0.2, 0.25) is 10.0 Å². The van der Waals surface area contributed by atoms with Crippen LogP contribution in [0.25, 0.3) is 0 Å². The fourth-order valence-corrected chi connectivity index (χ4v) is 3.99. The summed E-state index contributed by atoms with van der Waals surface area (Å²) in [6.07, 6.45) is 4.70. The molecule has 0 aromatic heterocycles. The van der Waals surface area contributed by atoms with Crippen LogP contribution in [0.15, 0.2) is 18.2 Å². The van der Waals surface area contributed by atoms with Gasteiger partial charge in [0.15, 0.2) is 0 Å². The monoisotopic (exact) mass is 314 g/mol. The van der Waals surface area contributed by atoms with Crippen molar-refractivity contribution >= 4 is 23.2 Å². The van der Waals surface area contributed by atoms with Crippen molar-refractivity contribution in [2.45, 2.75) is 44.2 Å². The lowest BCUT2D eigenvalue weighted by molar-refractivity contribution is 0.0500. The molecule has 0 heterocycles. The molecule has 0 bridgehead atoms. The SMILES string of the molecule is CC1CCCC(C(N)c2cc(Cl)ccc2Cl)(N(C)C)C1. The van der Waals surface area contributed by atoms with Crippen LogP contribution >= 0.6 is 23.2 Å². The van der Waals surface area contributed by atoms with Crippen molar-refractivity contribution in [3.05, 3.63) is 33.8 Å². The van der Waals surface area contributed by atoms with Crippen molar-refractivity contribution in [1.29, 1.82) is 0 Å². The van der Waals surface area contributed by atoms with Gasteiger partial charge in [0.1, 0.15) is 0 Å². The van der Waals surface area contributed by atoms with Gasteiger partial charge in [0.2, 0.25) is 0 Å². The number of benzene rings is 1. The first kappa shape index (κ1) is 16.1. The average Bonchev–Trinajstić information content (AvgIpc) is 2.40. The first-order valence-corrected chi connectivity index (χ1v) is 8.00. The lowest BCUT2D eigenvalue weighted by atomic mass is 9.70. The molecule has 3 unspecified atom stereocenters. The summed E-state index contributed by atoms with van der Waals surface area (Å²) < 4.78 is 0. The zero-order valence-electron chi connectivity index (χ0n) is 12.5. The third-order valence-electron chi connectivity index (χ3n) is 4.77. The molecule has 1 aliphatic carbocycles. The molecule has 4 heteroatoms. The van der Waals surface area contributed by atoms with E-state index in [4.69, 9.17) is 28.9 Å². The molecular weight excluding hydrogens is 291 g/mol. The molecule has 1 aliphatic rings. The normalized spacial score (nSPS) is 28.6. The zero-order chi connectivity index (χ0) is 14.9. The second-order valence-corrected chi connectivity index (χ2v) is 7.19. The molecular formula is C16H24Cl2N2. The van der Waals surface area contributed by atoms with E-state index in [1.165, 1.54) is 12.8 Å². The fourth-order valence-electron chi connectivity index (χ4n) is 3.57. The Hall–Kier alpha value is -0.280. The van der Waals surface area contributed by atoms with Gasteiger partial charge in [-0.3, -0.25) is 0 Å². The van der Waals surface area contributed by atoms with Gasteiger partial charge in [0.05, 0.1) is 0 Å². The quantitative estimate of drug-likeness (QED) is 0.889. The summed E-state index contributed by atoms with van der Waals surface area (Å²) >= 11 is 12.5. The summed E-state index contributed by atoms with van der Waals surface area (Å²) in [6, 6.07) is 5.45. The van der Waals surface area contributed by atoms with E-state index in [1.807, 2.05) is 18.2 Å². The van der Waals surface area contributed by atoms with Gasteiger partial charge in [0, 0.05) is 21.6 Å². The number of nitrogens with zero attached hydrogens (tertiary/aromatic N) is 1. The first-order chi connectivity index (χ1) is 9.36. The highest BCUT2D eigenvalue weighted by Gasteiger charge is 2.43. The molecule has 112 valence electrons. The van der Waals surface area contributed by atoms with E-state index in [0.717, 1.165) is 18.4 Å². The number of halogens is 2. The van der Waals surface area contributed by atoms with Gasteiger partial charge in [-0.05, 0) is 56.6 Å². The molecule has 0 spiro atoms. The van der Waals surface area contributed by atoms with Crippen LogP contribution in [0.1, 0.15) is 44.2 Å². The number of likely N-dealkylation sites (N-methyl/N-ethyl adjacent to an activating group) is 1. The lowest BCUT2D eigenvalue weighted by Crippen LogP contribution is -2.54. The van der Waals surface area contributed by atoms with Crippen LogP contribution < -0.4 is 5.73 Å². The topological polar surface area (TPSA) is 29.3 Å². The fraction of sp³-hybridized carbons (Fsp3) is 0.625. The van der Waals surface area contributed by atoms with Crippen LogP contribution in [0.4, 0.5) is 0 Å². The smallest absolute Gasteiger partial charge is 0.0497 e. The van der Waals surface area contributed by atoms with E-state index in [9.17, 15) is 0 Å². The van der Waals surface area contributed by atoms with E-state index in [-0.39, 0.29) is 11.6 Å². The molecule has 1 fully saturated rings. The van der Waals surface area contributed by atoms with Gasteiger partial charge < -0.3 is 10.6 Å². The van der Waals surface area contributed by atoms with Crippen molar-refractivity contribution in [2.24, 2.45) is 11.7 Å². The summed E-state index contributed by atoms with van der Waals surface area (Å²) in [6.45, 7) is 2.31. The number of nitrogens with two attached hydrogens (primary N) is 1. The molecule has 3 atom stereocenters. The van der Waals surface area contributed by atoms with Crippen molar-refractivity contribution in [1.82, 2.24) is 4.90 Å². The molecule has 0 amide bonds. The van der Waals surface area contributed by atoms with Gasteiger partial charge in [0.25, 0.3) is 0 Å². The predicted molar refractivity (Wildman–Crippen MR) is 87.4 cm³/mol. The second-order valence-electron chi connectivity index (χ2n) is 6.34. The highest BCUT2D eigenvalue weighted by Crippen LogP contribution is 2.44. The van der Waals surface area contributed by atoms with Crippen molar-refractivity contribution in [3.8, 4) is 0 Å². The Morgan fingerprint density at radius 1 is 1.35 bits per heavy atom. The Balaban J connectivity index is 2.41. The minimum absolute atomic E-state index is 0.0357. The van der Waals surface area contributed by atoms with Crippen LogP contribution in [0.3, 0.4) is 0 Å². The van der Waals surface area contributed by atoms with E-state index in [1.54, 1.807) is 0 Å². The van der Waals surface area contributed by atoms with E-state index in [0.29, 0.717) is 16.0 Å². The maximum atomic E-state index is 6.65. The van der Waals surface area contributed by atoms with Gasteiger partial charge in [-0.15, -0.1) is 0 Å². The largest absolute Gasteiger partial charge is 0.322 e.